The highest BCUT2D eigenvalue weighted by atomic mass is 16.5. The largest absolute Gasteiger partial charge is 0.497 e. The predicted octanol–water partition coefficient (Wildman–Crippen LogP) is 4.14. The highest BCUT2D eigenvalue weighted by molar-refractivity contribution is 6.05. The van der Waals surface area contributed by atoms with Crippen molar-refractivity contribution in [1.82, 2.24) is 4.98 Å². The number of anilines is 1. The van der Waals surface area contributed by atoms with E-state index in [1.54, 1.807) is 67.9 Å². The van der Waals surface area contributed by atoms with Crippen LogP contribution in [0.2, 0.25) is 0 Å². The number of methoxy groups -OCH3 is 2. The van der Waals surface area contributed by atoms with Gasteiger partial charge in [0.25, 0.3) is 5.91 Å². The van der Waals surface area contributed by atoms with Crippen molar-refractivity contribution >= 4 is 11.6 Å². The van der Waals surface area contributed by atoms with E-state index < -0.39 is 0 Å². The third kappa shape index (κ3) is 4.10. The summed E-state index contributed by atoms with van der Waals surface area (Å²) in [7, 11) is 3.10. The highest BCUT2D eigenvalue weighted by Gasteiger charge is 2.12. The summed E-state index contributed by atoms with van der Waals surface area (Å²) in [6.07, 6.45) is 1.64. The molecular formula is C20H18N2O4. The van der Waals surface area contributed by atoms with E-state index in [1.807, 2.05) is 6.07 Å². The van der Waals surface area contributed by atoms with Gasteiger partial charge < -0.3 is 19.5 Å². The van der Waals surface area contributed by atoms with Gasteiger partial charge in [-0.1, -0.05) is 12.1 Å². The maximum atomic E-state index is 12.6. The van der Waals surface area contributed by atoms with Gasteiger partial charge in [0.15, 0.2) is 0 Å². The van der Waals surface area contributed by atoms with Crippen molar-refractivity contribution in [3.63, 3.8) is 0 Å². The fourth-order valence-corrected chi connectivity index (χ4v) is 2.33. The van der Waals surface area contributed by atoms with Crippen LogP contribution in [0.25, 0.3) is 0 Å². The zero-order chi connectivity index (χ0) is 18.4. The van der Waals surface area contributed by atoms with Crippen molar-refractivity contribution in [2.24, 2.45) is 0 Å². The van der Waals surface area contributed by atoms with Crippen LogP contribution in [0.4, 0.5) is 5.69 Å². The van der Waals surface area contributed by atoms with E-state index in [4.69, 9.17) is 14.2 Å². The molecule has 0 saturated heterocycles. The van der Waals surface area contributed by atoms with Gasteiger partial charge in [-0.25, -0.2) is 4.98 Å². The molecule has 6 nitrogen and oxygen atoms in total. The first-order valence-corrected chi connectivity index (χ1v) is 7.92. The zero-order valence-electron chi connectivity index (χ0n) is 14.4. The van der Waals surface area contributed by atoms with Crippen LogP contribution in [-0.2, 0) is 0 Å². The lowest BCUT2D eigenvalue weighted by atomic mass is 10.2. The smallest absolute Gasteiger partial charge is 0.255 e. The quantitative estimate of drug-likeness (QED) is 0.723. The standard InChI is InChI=1S/C20H18N2O4/c1-24-15-9-10-17(18(13-15)25-2)22-20(23)14-6-5-7-16(12-14)26-19-8-3-4-11-21-19/h3-13H,1-2H3,(H,22,23). The number of carbonyl (C=O) groups is 1. The van der Waals surface area contributed by atoms with Crippen LogP contribution in [0.15, 0.2) is 66.9 Å². The molecule has 3 rings (SSSR count). The maximum Gasteiger partial charge on any atom is 0.255 e. The van der Waals surface area contributed by atoms with Gasteiger partial charge in [-0.3, -0.25) is 4.79 Å². The maximum absolute atomic E-state index is 12.6. The van der Waals surface area contributed by atoms with Crippen molar-refractivity contribution in [2.75, 3.05) is 19.5 Å². The van der Waals surface area contributed by atoms with Gasteiger partial charge in [0.05, 0.1) is 19.9 Å². The summed E-state index contributed by atoms with van der Waals surface area (Å²) in [4.78, 5) is 16.7. The Morgan fingerprint density at radius 1 is 0.923 bits per heavy atom. The first-order chi connectivity index (χ1) is 12.7. The van der Waals surface area contributed by atoms with Crippen LogP contribution in [0.5, 0.6) is 23.1 Å². The third-order valence-corrected chi connectivity index (χ3v) is 3.61. The molecule has 0 saturated carbocycles. The molecule has 0 aliphatic heterocycles. The number of aromatic nitrogens is 1. The molecule has 6 heteroatoms. The summed E-state index contributed by atoms with van der Waals surface area (Å²) in [5.41, 5.74) is 1.01. The van der Waals surface area contributed by atoms with Crippen molar-refractivity contribution in [1.29, 1.82) is 0 Å². The third-order valence-electron chi connectivity index (χ3n) is 3.61. The second-order valence-electron chi connectivity index (χ2n) is 5.32. The van der Waals surface area contributed by atoms with E-state index in [-0.39, 0.29) is 5.91 Å². The Morgan fingerprint density at radius 2 is 1.81 bits per heavy atom. The second-order valence-corrected chi connectivity index (χ2v) is 5.32. The molecule has 26 heavy (non-hydrogen) atoms. The summed E-state index contributed by atoms with van der Waals surface area (Å²) in [5.74, 6) is 1.86. The van der Waals surface area contributed by atoms with E-state index >= 15 is 0 Å². The van der Waals surface area contributed by atoms with Crippen molar-refractivity contribution < 1.29 is 19.0 Å². The Hall–Kier alpha value is -3.54. The SMILES string of the molecule is COc1ccc(NC(=O)c2cccc(Oc3ccccn3)c2)c(OC)c1. The summed E-state index contributed by atoms with van der Waals surface area (Å²) in [6, 6.07) is 17.4. The molecule has 1 heterocycles. The molecule has 132 valence electrons. The van der Waals surface area contributed by atoms with Crippen LogP contribution < -0.4 is 19.5 Å². The van der Waals surface area contributed by atoms with Gasteiger partial charge in [0.2, 0.25) is 5.88 Å². The minimum atomic E-state index is -0.278. The number of ether oxygens (including phenoxy) is 3. The van der Waals surface area contributed by atoms with Crippen LogP contribution >= 0.6 is 0 Å². The molecule has 0 atom stereocenters. The fraction of sp³-hybridized carbons (Fsp3) is 0.100. The number of nitrogens with one attached hydrogen (secondary N) is 1. The van der Waals surface area contributed by atoms with Crippen LogP contribution in [0, 0.1) is 0 Å². The van der Waals surface area contributed by atoms with Crippen molar-refractivity contribution in [3.8, 4) is 23.1 Å². The van der Waals surface area contributed by atoms with Gasteiger partial charge in [0.1, 0.15) is 17.2 Å². The molecule has 0 aliphatic carbocycles. The molecule has 0 radical (unpaired) electrons. The molecule has 0 unspecified atom stereocenters. The summed E-state index contributed by atoms with van der Waals surface area (Å²) in [5, 5.41) is 2.83. The lowest BCUT2D eigenvalue weighted by molar-refractivity contribution is 0.102. The number of carbonyl (C=O) groups excluding carboxylic acids is 1. The van der Waals surface area contributed by atoms with Gasteiger partial charge in [-0.15, -0.1) is 0 Å². The highest BCUT2D eigenvalue weighted by Crippen LogP contribution is 2.29. The molecule has 0 bridgehead atoms. The number of rotatable bonds is 6. The first kappa shape index (κ1) is 17.3. The normalized spacial score (nSPS) is 10.1. The van der Waals surface area contributed by atoms with E-state index in [1.165, 1.54) is 7.11 Å². The lowest BCUT2D eigenvalue weighted by Gasteiger charge is -2.12. The van der Waals surface area contributed by atoms with E-state index in [9.17, 15) is 4.79 Å². The molecule has 0 spiro atoms. The van der Waals surface area contributed by atoms with Gasteiger partial charge in [-0.2, -0.15) is 0 Å². The Labute approximate surface area is 151 Å². The van der Waals surface area contributed by atoms with Crippen molar-refractivity contribution in [2.45, 2.75) is 0 Å². The minimum absolute atomic E-state index is 0.278. The Kier molecular flexibility index (Phi) is 5.34. The summed E-state index contributed by atoms with van der Waals surface area (Å²) < 4.78 is 16.1. The molecule has 3 aromatic rings. The van der Waals surface area contributed by atoms with Gasteiger partial charge in [-0.05, 0) is 36.4 Å². The van der Waals surface area contributed by atoms with Crippen LogP contribution in [-0.4, -0.2) is 25.1 Å². The number of nitrogens with zero attached hydrogens (tertiary/aromatic N) is 1. The van der Waals surface area contributed by atoms with E-state index in [0.717, 1.165) is 0 Å². The van der Waals surface area contributed by atoms with E-state index in [2.05, 4.69) is 10.3 Å². The van der Waals surface area contributed by atoms with E-state index in [0.29, 0.717) is 34.4 Å². The minimum Gasteiger partial charge on any atom is -0.497 e. The predicted molar refractivity (Wildman–Crippen MR) is 98.3 cm³/mol. The summed E-state index contributed by atoms with van der Waals surface area (Å²) in [6.45, 7) is 0. The summed E-state index contributed by atoms with van der Waals surface area (Å²) >= 11 is 0. The fourth-order valence-electron chi connectivity index (χ4n) is 2.33. The molecule has 1 amide bonds. The molecule has 2 aromatic carbocycles. The average molecular weight is 350 g/mol. The molecule has 1 aromatic heterocycles. The van der Waals surface area contributed by atoms with Crippen LogP contribution in [0.3, 0.4) is 0 Å². The molecule has 1 N–H and O–H groups in total. The number of pyridine rings is 1. The van der Waals surface area contributed by atoms with Gasteiger partial charge >= 0.3 is 0 Å². The number of benzene rings is 2. The Balaban J connectivity index is 1.77. The topological polar surface area (TPSA) is 69.7 Å². The second kappa shape index (κ2) is 8.02. The lowest BCUT2D eigenvalue weighted by Crippen LogP contribution is -2.12. The number of hydrogen-bond acceptors (Lipinski definition) is 5. The Morgan fingerprint density at radius 3 is 2.54 bits per heavy atom. The van der Waals surface area contributed by atoms with Gasteiger partial charge in [0, 0.05) is 23.9 Å². The first-order valence-electron chi connectivity index (χ1n) is 7.92. The van der Waals surface area contributed by atoms with Crippen molar-refractivity contribution in [3.05, 3.63) is 72.4 Å². The molecule has 0 fully saturated rings. The number of hydrogen-bond donors (Lipinski definition) is 1. The average Bonchev–Trinajstić information content (AvgIpc) is 2.69. The zero-order valence-corrected chi connectivity index (χ0v) is 14.4. The molecule has 0 aliphatic rings. The Bertz CT molecular complexity index is 897. The molecular weight excluding hydrogens is 332 g/mol. The monoisotopic (exact) mass is 350 g/mol. The number of amides is 1. The van der Waals surface area contributed by atoms with Crippen LogP contribution in [0.1, 0.15) is 10.4 Å².